The molecule has 0 spiro atoms. The topological polar surface area (TPSA) is 45.5 Å². The average molecular weight is 300 g/mol. The van der Waals surface area contributed by atoms with Crippen molar-refractivity contribution in [3.8, 4) is 0 Å². The van der Waals surface area contributed by atoms with E-state index in [0.29, 0.717) is 6.04 Å². The van der Waals surface area contributed by atoms with Gasteiger partial charge in [0.25, 0.3) is 0 Å². The lowest BCUT2D eigenvalue weighted by Crippen LogP contribution is -2.41. The van der Waals surface area contributed by atoms with Crippen LogP contribution in [0, 0.1) is 0 Å². The first-order chi connectivity index (χ1) is 10.4. The van der Waals surface area contributed by atoms with E-state index in [4.69, 9.17) is 14.0 Å². The first-order valence-corrected chi connectivity index (χ1v) is 7.77. The maximum absolute atomic E-state index is 6.14. The maximum atomic E-state index is 6.14. The molecule has 22 heavy (non-hydrogen) atoms. The van der Waals surface area contributed by atoms with Crippen LogP contribution >= 0.6 is 0 Å². The first-order valence-electron chi connectivity index (χ1n) is 7.77. The summed E-state index contributed by atoms with van der Waals surface area (Å²) in [5, 5.41) is 0. The van der Waals surface area contributed by atoms with E-state index in [9.17, 15) is 0 Å². The van der Waals surface area contributed by atoms with Crippen molar-refractivity contribution in [1.82, 2.24) is 9.55 Å². The van der Waals surface area contributed by atoms with Crippen LogP contribution in [0.5, 0.6) is 0 Å². The van der Waals surface area contributed by atoms with Gasteiger partial charge in [-0.15, -0.1) is 0 Å². The fraction of sp³-hybridized carbons (Fsp3) is 0.562. The van der Waals surface area contributed by atoms with Crippen molar-refractivity contribution in [2.75, 3.05) is 13.2 Å². The zero-order valence-corrected chi connectivity index (χ0v) is 13.5. The predicted molar refractivity (Wildman–Crippen MR) is 85.3 cm³/mol. The van der Waals surface area contributed by atoms with Crippen LogP contribution in [0.15, 0.2) is 24.5 Å². The van der Waals surface area contributed by atoms with E-state index in [1.54, 1.807) is 0 Å². The van der Waals surface area contributed by atoms with Crippen LogP contribution in [0.25, 0.3) is 11.0 Å². The van der Waals surface area contributed by atoms with Crippen molar-refractivity contribution in [3.63, 3.8) is 0 Å². The van der Waals surface area contributed by atoms with Crippen LogP contribution in [-0.4, -0.2) is 41.1 Å². The van der Waals surface area contributed by atoms with E-state index in [-0.39, 0.29) is 18.3 Å². The highest BCUT2D eigenvalue weighted by molar-refractivity contribution is 6.62. The third-order valence-corrected chi connectivity index (χ3v) is 5.14. The number of rotatable bonds is 2. The molecule has 0 amide bonds. The van der Waals surface area contributed by atoms with Gasteiger partial charge in [-0.3, -0.25) is 0 Å². The predicted octanol–water partition coefficient (Wildman–Crippen LogP) is 1.91. The van der Waals surface area contributed by atoms with Gasteiger partial charge in [-0.2, -0.15) is 0 Å². The monoisotopic (exact) mass is 300 g/mol. The summed E-state index contributed by atoms with van der Waals surface area (Å²) in [6.07, 6.45) is 1.89. The highest BCUT2D eigenvalue weighted by Gasteiger charge is 2.51. The molecule has 1 aromatic carbocycles. The van der Waals surface area contributed by atoms with Gasteiger partial charge in [0, 0.05) is 0 Å². The Balaban J connectivity index is 1.71. The number of nitrogens with zero attached hydrogens (tertiary/aromatic N) is 2. The number of benzene rings is 1. The summed E-state index contributed by atoms with van der Waals surface area (Å²) < 4.78 is 19.8. The molecule has 6 heteroatoms. The van der Waals surface area contributed by atoms with Gasteiger partial charge in [0.05, 0.1) is 47.8 Å². The summed E-state index contributed by atoms with van der Waals surface area (Å²) in [5.74, 6) is 0. The van der Waals surface area contributed by atoms with Crippen molar-refractivity contribution in [1.29, 1.82) is 0 Å². The van der Waals surface area contributed by atoms with Gasteiger partial charge in [-0.1, -0.05) is 6.07 Å². The molecule has 0 unspecified atom stereocenters. The number of aromatic nitrogens is 2. The van der Waals surface area contributed by atoms with Crippen molar-refractivity contribution in [3.05, 3.63) is 24.5 Å². The second-order valence-corrected chi connectivity index (χ2v) is 7.18. The van der Waals surface area contributed by atoms with Crippen LogP contribution in [0.3, 0.4) is 0 Å². The molecular weight excluding hydrogens is 279 g/mol. The molecule has 0 radical (unpaired) electrons. The zero-order chi connectivity index (χ0) is 15.5. The molecule has 2 aliphatic heterocycles. The summed E-state index contributed by atoms with van der Waals surface area (Å²) in [6, 6.07) is 6.59. The summed E-state index contributed by atoms with van der Waals surface area (Å²) >= 11 is 0. The molecule has 3 heterocycles. The SMILES string of the molecule is CC1(C)OB(c2ccc3ncn(C4COC4)c3c2)OC1(C)C. The number of fused-ring (bicyclic) bond motifs is 1. The summed E-state index contributed by atoms with van der Waals surface area (Å²) in [5.41, 5.74) is 2.49. The van der Waals surface area contributed by atoms with E-state index >= 15 is 0 Å². The molecule has 0 N–H and O–H groups in total. The van der Waals surface area contributed by atoms with Gasteiger partial charge >= 0.3 is 7.12 Å². The highest BCUT2D eigenvalue weighted by Crippen LogP contribution is 2.36. The quantitative estimate of drug-likeness (QED) is 0.795. The molecule has 2 aromatic rings. The normalized spacial score (nSPS) is 23.9. The Morgan fingerprint density at radius 2 is 1.82 bits per heavy atom. The van der Waals surface area contributed by atoms with Crippen LogP contribution in [0.2, 0.25) is 0 Å². The number of hydrogen-bond acceptors (Lipinski definition) is 4. The van der Waals surface area contributed by atoms with Gasteiger partial charge in [0.15, 0.2) is 0 Å². The lowest BCUT2D eigenvalue weighted by atomic mass is 9.79. The Labute approximate surface area is 130 Å². The molecule has 2 fully saturated rings. The van der Waals surface area contributed by atoms with Crippen LogP contribution in [-0.2, 0) is 14.0 Å². The molecule has 0 bridgehead atoms. The van der Waals surface area contributed by atoms with Gasteiger partial charge in [-0.25, -0.2) is 4.98 Å². The van der Waals surface area contributed by atoms with Crippen LogP contribution in [0.1, 0.15) is 33.7 Å². The lowest BCUT2D eigenvalue weighted by Gasteiger charge is -2.32. The third kappa shape index (κ3) is 2.01. The molecule has 0 atom stereocenters. The Bertz CT molecular complexity index is 705. The largest absolute Gasteiger partial charge is 0.494 e. The van der Waals surface area contributed by atoms with Crippen LogP contribution < -0.4 is 5.46 Å². The molecular formula is C16H21BN2O3. The van der Waals surface area contributed by atoms with E-state index in [1.807, 2.05) is 18.5 Å². The molecule has 0 saturated carbocycles. The van der Waals surface area contributed by atoms with Gasteiger partial charge < -0.3 is 18.6 Å². The summed E-state index contributed by atoms with van der Waals surface area (Å²) in [6.45, 7) is 9.80. The van der Waals surface area contributed by atoms with Gasteiger partial charge in [0.1, 0.15) is 0 Å². The summed E-state index contributed by atoms with van der Waals surface area (Å²) in [7, 11) is -0.338. The fourth-order valence-electron chi connectivity index (χ4n) is 2.84. The van der Waals surface area contributed by atoms with Crippen molar-refractivity contribution in [2.24, 2.45) is 0 Å². The summed E-state index contributed by atoms with van der Waals surface area (Å²) in [4.78, 5) is 4.47. The molecule has 5 nitrogen and oxygen atoms in total. The minimum Gasteiger partial charge on any atom is -0.399 e. The Hall–Kier alpha value is -1.37. The zero-order valence-electron chi connectivity index (χ0n) is 13.5. The molecule has 4 rings (SSSR count). The van der Waals surface area contributed by atoms with Crippen molar-refractivity contribution >= 4 is 23.6 Å². The highest BCUT2D eigenvalue weighted by atomic mass is 16.7. The van der Waals surface area contributed by atoms with Crippen LogP contribution in [0.4, 0.5) is 0 Å². The second kappa shape index (κ2) is 4.57. The molecule has 2 aliphatic rings. The number of hydrogen-bond donors (Lipinski definition) is 0. The smallest absolute Gasteiger partial charge is 0.399 e. The third-order valence-electron chi connectivity index (χ3n) is 5.14. The minimum atomic E-state index is -0.338. The fourth-order valence-corrected chi connectivity index (χ4v) is 2.84. The van der Waals surface area contributed by atoms with E-state index < -0.39 is 0 Å². The van der Waals surface area contributed by atoms with Crippen molar-refractivity contribution < 1.29 is 14.0 Å². The van der Waals surface area contributed by atoms with Gasteiger partial charge in [0.2, 0.25) is 0 Å². The minimum absolute atomic E-state index is 0.325. The Morgan fingerprint density at radius 3 is 2.41 bits per heavy atom. The number of ether oxygens (including phenoxy) is 1. The Kier molecular flexibility index (Phi) is 2.96. The second-order valence-electron chi connectivity index (χ2n) is 7.18. The number of imidazole rings is 1. The van der Waals surface area contributed by atoms with Crippen molar-refractivity contribution in [2.45, 2.75) is 44.9 Å². The lowest BCUT2D eigenvalue weighted by molar-refractivity contribution is -0.0216. The molecule has 116 valence electrons. The molecule has 2 saturated heterocycles. The first kappa shape index (κ1) is 14.2. The van der Waals surface area contributed by atoms with E-state index in [2.05, 4.69) is 43.3 Å². The Morgan fingerprint density at radius 1 is 1.14 bits per heavy atom. The maximum Gasteiger partial charge on any atom is 0.494 e. The van der Waals surface area contributed by atoms with E-state index in [0.717, 1.165) is 29.7 Å². The average Bonchev–Trinajstić information content (AvgIpc) is 2.87. The molecule has 0 aliphatic carbocycles. The molecule has 1 aromatic heterocycles. The van der Waals surface area contributed by atoms with Gasteiger partial charge in [-0.05, 0) is 45.3 Å². The standard InChI is InChI=1S/C16H21BN2O3/c1-15(2)16(3,4)22-17(21-15)11-5-6-13-14(7-11)19(10-18-13)12-8-20-9-12/h5-7,10,12H,8-9H2,1-4H3. The van der Waals surface area contributed by atoms with E-state index in [1.165, 1.54) is 0 Å².